The van der Waals surface area contributed by atoms with E-state index in [9.17, 15) is 0 Å². The molecule has 2 fully saturated rings. The molecular weight excluding hydrogens is 356 g/mol. The Hall–Kier alpha value is -1.96. The summed E-state index contributed by atoms with van der Waals surface area (Å²) in [6.45, 7) is 1.39. The third-order valence-corrected chi connectivity index (χ3v) is 6.74. The maximum Gasteiger partial charge on any atom is 0.119 e. The molecule has 2 aromatic rings. The summed E-state index contributed by atoms with van der Waals surface area (Å²) in [5.74, 6) is 3.47. The standard InChI is InChI=1S/C27H36O2/c1-3-8-22(9-4-1)24-12-16-26(17-13-24)28-20-7-21-29-27-18-14-25(15-19-27)23-10-5-2-6-11-23/h12-19,22-23H,1-11,20-21H2. The van der Waals surface area contributed by atoms with Gasteiger partial charge in [-0.1, -0.05) is 62.8 Å². The van der Waals surface area contributed by atoms with E-state index in [1.807, 2.05) is 0 Å². The summed E-state index contributed by atoms with van der Waals surface area (Å²) in [5, 5.41) is 0. The van der Waals surface area contributed by atoms with Gasteiger partial charge in [0, 0.05) is 6.42 Å². The van der Waals surface area contributed by atoms with E-state index in [-0.39, 0.29) is 0 Å². The average molecular weight is 393 g/mol. The van der Waals surface area contributed by atoms with Crippen LogP contribution < -0.4 is 9.47 Å². The monoisotopic (exact) mass is 392 g/mol. The first kappa shape index (κ1) is 20.3. The molecule has 2 aliphatic carbocycles. The number of hydrogen-bond donors (Lipinski definition) is 0. The van der Waals surface area contributed by atoms with Crippen molar-refractivity contribution in [3.05, 3.63) is 59.7 Å². The summed E-state index contributed by atoms with van der Waals surface area (Å²) in [5.41, 5.74) is 2.97. The molecule has 0 amide bonds. The van der Waals surface area contributed by atoms with Gasteiger partial charge in [-0.3, -0.25) is 0 Å². The molecule has 0 saturated heterocycles. The Labute approximate surface area is 176 Å². The van der Waals surface area contributed by atoms with Crippen LogP contribution in [0, 0.1) is 0 Å². The molecule has 0 bridgehead atoms. The summed E-state index contributed by atoms with van der Waals surface area (Å²) in [6.07, 6.45) is 14.6. The van der Waals surface area contributed by atoms with Crippen molar-refractivity contribution in [1.82, 2.24) is 0 Å². The van der Waals surface area contributed by atoms with Crippen molar-refractivity contribution in [2.75, 3.05) is 13.2 Å². The molecule has 0 radical (unpaired) electrons. The van der Waals surface area contributed by atoms with Gasteiger partial charge in [-0.05, 0) is 72.9 Å². The van der Waals surface area contributed by atoms with Gasteiger partial charge in [0.05, 0.1) is 13.2 Å². The zero-order chi connectivity index (χ0) is 19.7. The molecule has 4 rings (SSSR count). The molecule has 0 aromatic heterocycles. The Morgan fingerprint density at radius 3 is 1.28 bits per heavy atom. The first-order valence-corrected chi connectivity index (χ1v) is 11.8. The van der Waals surface area contributed by atoms with E-state index in [0.717, 1.165) is 29.8 Å². The minimum Gasteiger partial charge on any atom is -0.493 e. The van der Waals surface area contributed by atoms with Crippen LogP contribution in [0.5, 0.6) is 11.5 Å². The molecule has 156 valence electrons. The molecule has 0 aliphatic heterocycles. The first-order valence-electron chi connectivity index (χ1n) is 11.8. The maximum absolute atomic E-state index is 5.90. The van der Waals surface area contributed by atoms with E-state index in [2.05, 4.69) is 48.5 Å². The van der Waals surface area contributed by atoms with E-state index in [4.69, 9.17) is 9.47 Å². The van der Waals surface area contributed by atoms with Crippen LogP contribution in [0.4, 0.5) is 0 Å². The normalized spacial score (nSPS) is 18.5. The lowest BCUT2D eigenvalue weighted by atomic mass is 9.84. The van der Waals surface area contributed by atoms with Gasteiger partial charge in [0.25, 0.3) is 0 Å². The van der Waals surface area contributed by atoms with Crippen LogP contribution in [0.25, 0.3) is 0 Å². The second-order valence-corrected chi connectivity index (χ2v) is 8.86. The molecule has 2 heteroatoms. The van der Waals surface area contributed by atoms with Crippen LogP contribution in [0.2, 0.25) is 0 Å². The fraction of sp³-hybridized carbons (Fsp3) is 0.556. The molecular formula is C27H36O2. The lowest BCUT2D eigenvalue weighted by Gasteiger charge is -2.22. The Balaban J connectivity index is 1.14. The van der Waals surface area contributed by atoms with Crippen LogP contribution in [0.1, 0.15) is 93.6 Å². The highest BCUT2D eigenvalue weighted by molar-refractivity contribution is 5.30. The van der Waals surface area contributed by atoms with Gasteiger partial charge >= 0.3 is 0 Å². The number of benzene rings is 2. The lowest BCUT2D eigenvalue weighted by Crippen LogP contribution is -2.06. The smallest absolute Gasteiger partial charge is 0.119 e. The van der Waals surface area contributed by atoms with Gasteiger partial charge in [0.15, 0.2) is 0 Å². The van der Waals surface area contributed by atoms with Gasteiger partial charge in [-0.15, -0.1) is 0 Å². The maximum atomic E-state index is 5.90. The molecule has 0 heterocycles. The van der Waals surface area contributed by atoms with Crippen LogP contribution in [-0.4, -0.2) is 13.2 Å². The molecule has 2 aliphatic rings. The quantitative estimate of drug-likeness (QED) is 0.430. The zero-order valence-electron chi connectivity index (χ0n) is 17.8. The van der Waals surface area contributed by atoms with Crippen molar-refractivity contribution >= 4 is 0 Å². The highest BCUT2D eigenvalue weighted by Crippen LogP contribution is 2.34. The Bertz CT molecular complexity index is 644. The highest BCUT2D eigenvalue weighted by Gasteiger charge is 2.16. The lowest BCUT2D eigenvalue weighted by molar-refractivity contribution is 0.247. The van der Waals surface area contributed by atoms with Crippen molar-refractivity contribution < 1.29 is 9.47 Å². The van der Waals surface area contributed by atoms with Crippen molar-refractivity contribution in [2.24, 2.45) is 0 Å². The number of rotatable bonds is 8. The Morgan fingerprint density at radius 1 is 0.517 bits per heavy atom. The molecule has 0 spiro atoms. The molecule has 2 nitrogen and oxygen atoms in total. The van der Waals surface area contributed by atoms with E-state index in [1.54, 1.807) is 0 Å². The SMILES string of the molecule is c1cc(C2CCCCC2)ccc1OCCCOc1ccc(C2CCCCC2)cc1. The highest BCUT2D eigenvalue weighted by atomic mass is 16.5. The molecule has 0 unspecified atom stereocenters. The van der Waals surface area contributed by atoms with Crippen LogP contribution in [0.15, 0.2) is 48.5 Å². The molecule has 29 heavy (non-hydrogen) atoms. The molecule has 2 aromatic carbocycles. The second-order valence-electron chi connectivity index (χ2n) is 8.86. The third-order valence-electron chi connectivity index (χ3n) is 6.74. The first-order chi connectivity index (χ1) is 14.4. The summed E-state index contributed by atoms with van der Waals surface area (Å²) in [4.78, 5) is 0. The Morgan fingerprint density at radius 2 is 0.897 bits per heavy atom. The minimum absolute atomic E-state index is 0.697. The molecule has 0 N–H and O–H groups in total. The fourth-order valence-electron chi connectivity index (χ4n) is 4.98. The van der Waals surface area contributed by atoms with E-state index in [0.29, 0.717) is 13.2 Å². The van der Waals surface area contributed by atoms with Crippen LogP contribution >= 0.6 is 0 Å². The summed E-state index contributed by atoms with van der Waals surface area (Å²) in [6, 6.07) is 17.6. The second kappa shape index (κ2) is 10.7. The average Bonchev–Trinajstić information content (AvgIpc) is 2.81. The van der Waals surface area contributed by atoms with Gasteiger partial charge in [0.2, 0.25) is 0 Å². The predicted molar refractivity (Wildman–Crippen MR) is 120 cm³/mol. The van der Waals surface area contributed by atoms with E-state index >= 15 is 0 Å². The number of ether oxygens (including phenoxy) is 2. The summed E-state index contributed by atoms with van der Waals surface area (Å²) >= 11 is 0. The van der Waals surface area contributed by atoms with Gasteiger partial charge < -0.3 is 9.47 Å². The van der Waals surface area contributed by atoms with E-state index in [1.165, 1.54) is 75.3 Å². The van der Waals surface area contributed by atoms with E-state index < -0.39 is 0 Å². The van der Waals surface area contributed by atoms with Crippen molar-refractivity contribution in [3.63, 3.8) is 0 Å². The zero-order valence-corrected chi connectivity index (χ0v) is 17.8. The minimum atomic E-state index is 0.697. The van der Waals surface area contributed by atoms with Crippen molar-refractivity contribution in [1.29, 1.82) is 0 Å². The van der Waals surface area contributed by atoms with Crippen molar-refractivity contribution in [3.8, 4) is 11.5 Å². The van der Waals surface area contributed by atoms with Gasteiger partial charge in [0.1, 0.15) is 11.5 Å². The fourth-order valence-corrected chi connectivity index (χ4v) is 4.98. The predicted octanol–water partition coefficient (Wildman–Crippen LogP) is 7.63. The molecule has 0 atom stereocenters. The van der Waals surface area contributed by atoms with Crippen LogP contribution in [0.3, 0.4) is 0 Å². The summed E-state index contributed by atoms with van der Waals surface area (Å²) < 4.78 is 11.8. The number of hydrogen-bond acceptors (Lipinski definition) is 2. The third kappa shape index (κ3) is 6.01. The largest absolute Gasteiger partial charge is 0.493 e. The Kier molecular flexibility index (Phi) is 7.51. The van der Waals surface area contributed by atoms with Crippen molar-refractivity contribution in [2.45, 2.75) is 82.5 Å². The summed E-state index contributed by atoms with van der Waals surface area (Å²) in [7, 11) is 0. The topological polar surface area (TPSA) is 18.5 Å². The van der Waals surface area contributed by atoms with Crippen LogP contribution in [-0.2, 0) is 0 Å². The van der Waals surface area contributed by atoms with Gasteiger partial charge in [-0.25, -0.2) is 0 Å². The molecule has 2 saturated carbocycles. The van der Waals surface area contributed by atoms with Gasteiger partial charge in [-0.2, -0.15) is 0 Å².